The molecular weight excluding hydrogens is 274 g/mol. The molecule has 0 aliphatic heterocycles. The summed E-state index contributed by atoms with van der Waals surface area (Å²) < 4.78 is 2.22. The van der Waals surface area contributed by atoms with Crippen molar-refractivity contribution in [3.63, 3.8) is 0 Å². The van der Waals surface area contributed by atoms with Crippen LogP contribution in [-0.4, -0.2) is 22.0 Å². The third kappa shape index (κ3) is 4.72. The molecule has 4 nitrogen and oxygen atoms in total. The van der Waals surface area contributed by atoms with Gasteiger partial charge in [0, 0.05) is 24.4 Å². The number of aromatic nitrogens is 2. The van der Waals surface area contributed by atoms with Crippen LogP contribution >= 0.6 is 0 Å². The van der Waals surface area contributed by atoms with Crippen molar-refractivity contribution in [1.29, 1.82) is 0 Å². The summed E-state index contributed by atoms with van der Waals surface area (Å²) in [5.41, 5.74) is 1.58. The number of hydrogen-bond acceptors (Lipinski definition) is 2. The van der Waals surface area contributed by atoms with Gasteiger partial charge in [0.25, 0.3) is 0 Å². The molecule has 1 saturated carbocycles. The second-order valence-electron chi connectivity index (χ2n) is 7.09. The lowest BCUT2D eigenvalue weighted by molar-refractivity contribution is -0.117. The molecule has 1 aliphatic carbocycles. The molecule has 4 heteroatoms. The van der Waals surface area contributed by atoms with Gasteiger partial charge in [-0.25, -0.2) is 4.98 Å². The van der Waals surface area contributed by atoms with Gasteiger partial charge in [0.05, 0.1) is 12.0 Å². The monoisotopic (exact) mass is 303 g/mol. The number of amides is 1. The number of nitrogens with one attached hydrogen (secondary N) is 1. The van der Waals surface area contributed by atoms with E-state index in [0.717, 1.165) is 11.6 Å². The fourth-order valence-corrected chi connectivity index (χ4v) is 2.89. The maximum Gasteiger partial charge on any atom is 0.247 e. The van der Waals surface area contributed by atoms with Crippen LogP contribution in [0.3, 0.4) is 0 Å². The summed E-state index contributed by atoms with van der Waals surface area (Å²) in [6, 6.07) is 0.570. The maximum atomic E-state index is 12.0. The van der Waals surface area contributed by atoms with E-state index in [9.17, 15) is 4.79 Å². The summed E-state index contributed by atoms with van der Waals surface area (Å²) in [7, 11) is 0. The molecule has 0 spiro atoms. The van der Waals surface area contributed by atoms with Gasteiger partial charge in [0.2, 0.25) is 5.91 Å². The largest absolute Gasteiger partial charge is 0.352 e. The predicted octanol–water partition coefficient (Wildman–Crippen LogP) is 3.81. The molecule has 1 aromatic rings. The molecule has 1 N–H and O–H groups in total. The maximum absolute atomic E-state index is 12.0. The number of rotatable bonds is 5. The van der Waals surface area contributed by atoms with Gasteiger partial charge in [-0.1, -0.05) is 20.8 Å². The van der Waals surface area contributed by atoms with E-state index in [0.29, 0.717) is 24.1 Å². The van der Waals surface area contributed by atoms with E-state index in [2.05, 4.69) is 41.8 Å². The zero-order valence-electron chi connectivity index (χ0n) is 14.3. The fraction of sp³-hybridized carbons (Fsp3) is 0.667. The van der Waals surface area contributed by atoms with E-state index < -0.39 is 0 Å². The second kappa shape index (κ2) is 7.61. The van der Waals surface area contributed by atoms with Gasteiger partial charge < -0.3 is 9.88 Å². The zero-order valence-corrected chi connectivity index (χ0v) is 14.3. The minimum Gasteiger partial charge on any atom is -0.352 e. The molecule has 0 bridgehead atoms. The molecule has 122 valence electrons. The summed E-state index contributed by atoms with van der Waals surface area (Å²) in [4.78, 5) is 16.4. The van der Waals surface area contributed by atoms with Gasteiger partial charge in [-0.05, 0) is 50.5 Å². The van der Waals surface area contributed by atoms with Crippen LogP contribution < -0.4 is 5.32 Å². The van der Waals surface area contributed by atoms with Crippen LogP contribution in [0.4, 0.5) is 0 Å². The van der Waals surface area contributed by atoms with Crippen LogP contribution in [-0.2, 0) is 4.79 Å². The van der Waals surface area contributed by atoms with E-state index in [1.54, 1.807) is 0 Å². The lowest BCUT2D eigenvalue weighted by atomic mass is 9.87. The van der Waals surface area contributed by atoms with Gasteiger partial charge in [0.1, 0.15) is 0 Å². The fourth-order valence-electron chi connectivity index (χ4n) is 2.89. The summed E-state index contributed by atoms with van der Waals surface area (Å²) >= 11 is 0. The van der Waals surface area contributed by atoms with Gasteiger partial charge >= 0.3 is 0 Å². The Kier molecular flexibility index (Phi) is 5.81. The van der Waals surface area contributed by atoms with E-state index in [1.165, 1.54) is 25.7 Å². The predicted molar refractivity (Wildman–Crippen MR) is 90.4 cm³/mol. The molecule has 0 atom stereocenters. The SMILES string of the molecule is C/C(=C\c1cn(C2CCC(C)CC2)cn1)C(=O)NCC(C)C. The first kappa shape index (κ1) is 16.8. The lowest BCUT2D eigenvalue weighted by Crippen LogP contribution is -2.27. The zero-order chi connectivity index (χ0) is 16.1. The average molecular weight is 303 g/mol. The van der Waals surface area contributed by atoms with Gasteiger partial charge in [-0.3, -0.25) is 4.79 Å². The number of carbonyl (C=O) groups excluding carboxylic acids is 1. The van der Waals surface area contributed by atoms with E-state index in [-0.39, 0.29) is 5.91 Å². The first-order valence-electron chi connectivity index (χ1n) is 8.45. The van der Waals surface area contributed by atoms with Crippen molar-refractivity contribution < 1.29 is 4.79 Å². The van der Waals surface area contributed by atoms with Crippen molar-refractivity contribution in [2.45, 2.75) is 59.4 Å². The van der Waals surface area contributed by atoms with Crippen LogP contribution in [0.25, 0.3) is 6.08 Å². The molecule has 0 radical (unpaired) electrons. The Morgan fingerprint density at radius 2 is 2.09 bits per heavy atom. The van der Waals surface area contributed by atoms with Crippen molar-refractivity contribution in [3.8, 4) is 0 Å². The first-order chi connectivity index (χ1) is 10.5. The topological polar surface area (TPSA) is 46.9 Å². The molecule has 0 saturated heterocycles. The smallest absolute Gasteiger partial charge is 0.247 e. The van der Waals surface area contributed by atoms with Gasteiger partial charge in [-0.2, -0.15) is 0 Å². The number of hydrogen-bond donors (Lipinski definition) is 1. The molecule has 1 amide bonds. The quantitative estimate of drug-likeness (QED) is 0.841. The molecule has 22 heavy (non-hydrogen) atoms. The van der Waals surface area contributed by atoms with Crippen LogP contribution in [0.5, 0.6) is 0 Å². The lowest BCUT2D eigenvalue weighted by Gasteiger charge is -2.26. The number of nitrogens with zero attached hydrogens (tertiary/aromatic N) is 2. The third-order valence-electron chi connectivity index (χ3n) is 4.42. The highest BCUT2D eigenvalue weighted by molar-refractivity contribution is 5.96. The van der Waals surface area contributed by atoms with Crippen LogP contribution in [0.1, 0.15) is 65.1 Å². The number of imidazole rings is 1. The molecule has 0 unspecified atom stereocenters. The summed E-state index contributed by atoms with van der Waals surface area (Å²) in [6.45, 7) is 9.06. The van der Waals surface area contributed by atoms with Crippen LogP contribution in [0, 0.1) is 11.8 Å². The summed E-state index contributed by atoms with van der Waals surface area (Å²) in [5.74, 6) is 1.31. The first-order valence-corrected chi connectivity index (χ1v) is 8.45. The average Bonchev–Trinajstić information content (AvgIpc) is 2.93. The minimum atomic E-state index is -0.00487. The highest BCUT2D eigenvalue weighted by Crippen LogP contribution is 2.31. The minimum absolute atomic E-state index is 0.00487. The molecule has 1 fully saturated rings. The summed E-state index contributed by atoms with van der Waals surface area (Å²) in [6.07, 6.45) is 10.9. The van der Waals surface area contributed by atoms with Crippen molar-refractivity contribution in [2.24, 2.45) is 11.8 Å². The van der Waals surface area contributed by atoms with E-state index in [1.807, 2.05) is 19.3 Å². The third-order valence-corrected chi connectivity index (χ3v) is 4.42. The van der Waals surface area contributed by atoms with Crippen LogP contribution in [0.15, 0.2) is 18.1 Å². The van der Waals surface area contributed by atoms with Crippen molar-refractivity contribution >= 4 is 12.0 Å². The molecule has 2 rings (SSSR count). The van der Waals surface area contributed by atoms with Gasteiger partial charge in [0.15, 0.2) is 0 Å². The Morgan fingerprint density at radius 1 is 1.41 bits per heavy atom. The van der Waals surface area contributed by atoms with Crippen LogP contribution in [0.2, 0.25) is 0 Å². The van der Waals surface area contributed by atoms with Crippen molar-refractivity contribution in [1.82, 2.24) is 14.9 Å². The normalized spacial score (nSPS) is 22.9. The summed E-state index contributed by atoms with van der Waals surface area (Å²) in [5, 5.41) is 2.94. The molecule has 1 aliphatic rings. The van der Waals surface area contributed by atoms with Crippen molar-refractivity contribution in [2.75, 3.05) is 6.54 Å². The Balaban J connectivity index is 1.95. The van der Waals surface area contributed by atoms with E-state index in [4.69, 9.17) is 0 Å². The van der Waals surface area contributed by atoms with E-state index >= 15 is 0 Å². The van der Waals surface area contributed by atoms with Gasteiger partial charge in [-0.15, -0.1) is 0 Å². The second-order valence-corrected chi connectivity index (χ2v) is 7.09. The molecule has 1 heterocycles. The van der Waals surface area contributed by atoms with Crippen molar-refractivity contribution in [3.05, 3.63) is 23.8 Å². The molecule has 0 aromatic carbocycles. The highest BCUT2D eigenvalue weighted by atomic mass is 16.1. The highest BCUT2D eigenvalue weighted by Gasteiger charge is 2.19. The number of carbonyl (C=O) groups is 1. The Morgan fingerprint density at radius 3 is 2.73 bits per heavy atom. The molecule has 1 aromatic heterocycles. The Hall–Kier alpha value is -1.58. The Bertz CT molecular complexity index is 522. The molecular formula is C18H29N3O. The Labute approximate surface area is 134 Å². The standard InChI is InChI=1S/C18H29N3O/c1-13(2)10-19-18(22)15(4)9-16-11-21(12-20-16)17-7-5-14(3)6-8-17/h9,11-14,17H,5-8,10H2,1-4H3,(H,19,22)/b15-9+.